The van der Waals surface area contributed by atoms with Gasteiger partial charge < -0.3 is 26.2 Å². The number of carbonyl (C=O) groups is 1. The van der Waals surface area contributed by atoms with Crippen LogP contribution in [0.5, 0.6) is 0 Å². The normalized spacial score (nSPS) is 26.8. The van der Waals surface area contributed by atoms with Gasteiger partial charge in [-0.25, -0.2) is 9.37 Å². The molecule has 42 heavy (non-hydrogen) atoms. The first-order valence-corrected chi connectivity index (χ1v) is 16.2. The van der Waals surface area contributed by atoms with E-state index in [1.807, 2.05) is 25.1 Å². The minimum absolute atomic E-state index is 0.106. The molecule has 2 aliphatic heterocycles. The molecule has 0 radical (unpaired) electrons. The molecule has 8 nitrogen and oxygen atoms in total. The fraction of sp³-hybridized carbons (Fsp3) is 0.531. The van der Waals surface area contributed by atoms with Crippen molar-refractivity contribution >= 4 is 50.6 Å². The average Bonchev–Trinajstić information content (AvgIpc) is 3.68. The number of nitrogens with two attached hydrogens (primary N) is 1. The summed E-state index contributed by atoms with van der Waals surface area (Å²) in [5, 5.41) is 6.80. The van der Waals surface area contributed by atoms with Gasteiger partial charge in [0.15, 0.2) is 0 Å². The van der Waals surface area contributed by atoms with Crippen molar-refractivity contribution in [2.45, 2.75) is 58.0 Å². The summed E-state index contributed by atoms with van der Waals surface area (Å²) >= 11 is 1.62. The van der Waals surface area contributed by atoms with Crippen LogP contribution in [-0.2, 0) is 4.79 Å². The van der Waals surface area contributed by atoms with Gasteiger partial charge in [0.1, 0.15) is 11.6 Å². The summed E-state index contributed by atoms with van der Waals surface area (Å²) in [5.41, 5.74) is 7.87. The summed E-state index contributed by atoms with van der Waals surface area (Å²) in [6, 6.07) is 7.84. The highest BCUT2D eigenvalue weighted by atomic mass is 32.1. The van der Waals surface area contributed by atoms with Gasteiger partial charge in [-0.3, -0.25) is 4.79 Å². The van der Waals surface area contributed by atoms with Crippen molar-refractivity contribution in [2.75, 3.05) is 41.7 Å². The highest BCUT2D eigenvalue weighted by molar-refractivity contribution is 7.19. The molecule has 0 spiro atoms. The van der Waals surface area contributed by atoms with Gasteiger partial charge in [-0.2, -0.15) is 4.98 Å². The number of nitrogens with zero attached hydrogens (tertiary/aromatic N) is 4. The molecule has 4 aliphatic rings. The second-order valence-corrected chi connectivity index (χ2v) is 14.0. The number of piperidine rings is 2. The molecule has 4 atom stereocenters. The summed E-state index contributed by atoms with van der Waals surface area (Å²) in [7, 11) is 0. The predicted molar refractivity (Wildman–Crippen MR) is 168 cm³/mol. The molecule has 7 rings (SSSR count). The van der Waals surface area contributed by atoms with Crippen LogP contribution in [0.15, 0.2) is 36.4 Å². The lowest BCUT2D eigenvalue weighted by atomic mass is 9.88. The Bertz CT molecular complexity index is 1510. The Kier molecular flexibility index (Phi) is 7.30. The number of benzene rings is 1. The second-order valence-electron chi connectivity index (χ2n) is 12.7. The van der Waals surface area contributed by atoms with E-state index in [-0.39, 0.29) is 35.5 Å². The maximum atomic E-state index is 15.4. The fourth-order valence-electron chi connectivity index (χ4n) is 7.60. The molecule has 4 N–H and O–H groups in total. The summed E-state index contributed by atoms with van der Waals surface area (Å²) in [5.74, 6) is 1.53. The number of thiophene rings is 1. The van der Waals surface area contributed by atoms with E-state index >= 15 is 4.39 Å². The van der Waals surface area contributed by atoms with Crippen molar-refractivity contribution in [3.8, 4) is 0 Å². The third kappa shape index (κ3) is 5.24. The van der Waals surface area contributed by atoms with E-state index in [0.717, 1.165) is 53.4 Å². The van der Waals surface area contributed by atoms with Crippen LogP contribution in [-0.4, -0.2) is 59.0 Å². The van der Waals surface area contributed by atoms with E-state index in [1.54, 1.807) is 11.3 Å². The minimum Gasteiger partial charge on any atom is -0.369 e. The van der Waals surface area contributed by atoms with E-state index in [4.69, 9.17) is 15.7 Å². The quantitative estimate of drug-likeness (QED) is 0.306. The molecule has 2 saturated heterocycles. The van der Waals surface area contributed by atoms with Crippen molar-refractivity contribution < 1.29 is 9.18 Å². The monoisotopic (exact) mass is 589 g/mol. The molecule has 2 bridgehead atoms. The largest absolute Gasteiger partial charge is 0.369 e. The molecule has 2 unspecified atom stereocenters. The Morgan fingerprint density at radius 1 is 1.05 bits per heavy atom. The van der Waals surface area contributed by atoms with Gasteiger partial charge in [-0.1, -0.05) is 19.1 Å². The van der Waals surface area contributed by atoms with E-state index < -0.39 is 0 Å². The van der Waals surface area contributed by atoms with Gasteiger partial charge >= 0.3 is 0 Å². The lowest BCUT2D eigenvalue weighted by Crippen LogP contribution is -2.47. The molecular weight excluding hydrogens is 549 g/mol. The summed E-state index contributed by atoms with van der Waals surface area (Å²) in [6.07, 6.45) is 9.95. The average molecular weight is 590 g/mol. The fourth-order valence-corrected chi connectivity index (χ4v) is 8.51. The standard InChI is InChI=1S/C32H40FN7OS/c1-18-7-11-39(12-8-18)23-9-13-40(14-10-23)26-6-5-22(17-24(26)33)35-32-36-25-15-19(2)42-29(25)31(38-32)37-28-21-4-3-20(16-21)27(28)30(34)41/h3-6,15,17-18,20-21,23,27-28H,7-14,16H2,1-2H3,(H2,34,41)(H2,35,36,37,38)/t20?,21?,27-,28+/m0/s1. The molecular formula is C32H40FN7OS. The zero-order valence-corrected chi connectivity index (χ0v) is 25.2. The second kappa shape index (κ2) is 11.1. The van der Waals surface area contributed by atoms with Crippen molar-refractivity contribution in [1.29, 1.82) is 0 Å². The maximum Gasteiger partial charge on any atom is 0.229 e. The van der Waals surface area contributed by atoms with Crippen LogP contribution in [0.3, 0.4) is 0 Å². The molecule has 1 saturated carbocycles. The van der Waals surface area contributed by atoms with Crippen LogP contribution in [0.1, 0.15) is 43.9 Å². The lowest BCUT2D eigenvalue weighted by molar-refractivity contribution is -0.122. The van der Waals surface area contributed by atoms with Gasteiger partial charge in [-0.15, -0.1) is 11.3 Å². The molecule has 2 aromatic heterocycles. The minimum atomic E-state index is -0.281. The van der Waals surface area contributed by atoms with E-state index in [2.05, 4.69) is 39.5 Å². The number of halogens is 1. The van der Waals surface area contributed by atoms with Crippen LogP contribution in [0.4, 0.5) is 27.5 Å². The Morgan fingerprint density at radius 3 is 2.55 bits per heavy atom. The van der Waals surface area contributed by atoms with Crippen molar-refractivity contribution in [1.82, 2.24) is 14.9 Å². The molecule has 4 heterocycles. The highest BCUT2D eigenvalue weighted by Crippen LogP contribution is 2.45. The van der Waals surface area contributed by atoms with Crippen LogP contribution >= 0.6 is 11.3 Å². The summed E-state index contributed by atoms with van der Waals surface area (Å²) in [6.45, 7) is 8.53. The third-order valence-electron chi connectivity index (χ3n) is 9.93. The van der Waals surface area contributed by atoms with Crippen LogP contribution in [0.2, 0.25) is 0 Å². The van der Waals surface area contributed by atoms with Crippen LogP contribution in [0.25, 0.3) is 10.2 Å². The smallest absolute Gasteiger partial charge is 0.229 e. The molecule has 222 valence electrons. The number of carbonyl (C=O) groups excluding carboxylic acids is 1. The van der Waals surface area contributed by atoms with Crippen LogP contribution < -0.4 is 21.3 Å². The van der Waals surface area contributed by atoms with Crippen molar-refractivity contribution in [3.63, 3.8) is 0 Å². The number of hydrogen-bond donors (Lipinski definition) is 3. The summed E-state index contributed by atoms with van der Waals surface area (Å²) in [4.78, 5) is 27.8. The number of hydrogen-bond acceptors (Lipinski definition) is 8. The number of likely N-dealkylation sites (tertiary alicyclic amines) is 1. The first-order valence-electron chi connectivity index (χ1n) is 15.4. The first kappa shape index (κ1) is 27.6. The molecule has 3 aromatic rings. The van der Waals surface area contributed by atoms with Gasteiger partial charge in [0, 0.05) is 35.7 Å². The Morgan fingerprint density at radius 2 is 1.81 bits per heavy atom. The van der Waals surface area contributed by atoms with Gasteiger partial charge in [-0.05, 0) is 94.1 Å². The van der Waals surface area contributed by atoms with Crippen LogP contribution in [0, 0.1) is 36.4 Å². The van der Waals surface area contributed by atoms with E-state index in [1.165, 1.54) is 32.0 Å². The number of allylic oxidation sites excluding steroid dienone is 1. The number of aromatic nitrogens is 2. The molecule has 10 heteroatoms. The first-order chi connectivity index (χ1) is 20.3. The van der Waals surface area contributed by atoms with Gasteiger partial charge in [0.25, 0.3) is 0 Å². The van der Waals surface area contributed by atoms with Gasteiger partial charge in [0.05, 0.1) is 21.8 Å². The number of fused-ring (bicyclic) bond motifs is 3. The summed E-state index contributed by atoms with van der Waals surface area (Å²) < 4.78 is 16.4. The van der Waals surface area contributed by atoms with Gasteiger partial charge in [0.2, 0.25) is 11.9 Å². The van der Waals surface area contributed by atoms with E-state index in [0.29, 0.717) is 29.2 Å². The Labute approximate surface area is 250 Å². The molecule has 3 fully saturated rings. The van der Waals surface area contributed by atoms with E-state index in [9.17, 15) is 4.79 Å². The number of rotatable bonds is 7. The third-order valence-corrected chi connectivity index (χ3v) is 11.0. The van der Waals surface area contributed by atoms with Crippen molar-refractivity contribution in [3.05, 3.63) is 47.1 Å². The number of primary amides is 1. The zero-order chi connectivity index (χ0) is 29.0. The predicted octanol–water partition coefficient (Wildman–Crippen LogP) is 5.67. The Balaban J connectivity index is 1.06. The van der Waals surface area contributed by atoms with Crippen molar-refractivity contribution in [2.24, 2.45) is 29.4 Å². The zero-order valence-electron chi connectivity index (χ0n) is 24.4. The molecule has 1 amide bonds. The topological polar surface area (TPSA) is 99.4 Å². The SMILES string of the molecule is Cc1cc2nc(Nc3ccc(N4CCC(N5CCC(C)CC5)CC4)c(F)c3)nc(N[C@@H]3C4C=CC(C4)[C@@H]3C(N)=O)c2s1. The number of amides is 1. The number of anilines is 4. The molecule has 2 aliphatic carbocycles. The highest BCUT2D eigenvalue weighted by Gasteiger charge is 2.47. The number of nitrogens with one attached hydrogen (secondary N) is 2. The Hall–Kier alpha value is -3.24. The lowest BCUT2D eigenvalue weighted by Gasteiger charge is -2.42. The molecule has 1 aromatic carbocycles. The maximum absolute atomic E-state index is 15.4. The number of aryl methyl sites for hydroxylation is 1.